The van der Waals surface area contributed by atoms with E-state index < -0.39 is 0 Å². The highest BCUT2D eigenvalue weighted by atomic mass is 127. The predicted molar refractivity (Wildman–Crippen MR) is 96.1 cm³/mol. The second kappa shape index (κ2) is 6.03. The van der Waals surface area contributed by atoms with Crippen molar-refractivity contribution >= 4 is 56.6 Å². The molecule has 0 heterocycles. The SMILES string of the molecule is O=C(Nc1ccc2ccccc2c1)c1cc(I)ccc1Cl. The molecule has 0 saturated carbocycles. The zero-order valence-corrected chi connectivity index (χ0v) is 13.9. The minimum atomic E-state index is -0.200. The van der Waals surface area contributed by atoms with Crippen molar-refractivity contribution < 1.29 is 4.79 Å². The van der Waals surface area contributed by atoms with Crippen LogP contribution in [0.4, 0.5) is 5.69 Å². The third-order valence-corrected chi connectivity index (χ3v) is 4.18. The van der Waals surface area contributed by atoms with Crippen LogP contribution in [0.25, 0.3) is 10.8 Å². The minimum Gasteiger partial charge on any atom is -0.322 e. The van der Waals surface area contributed by atoms with Crippen LogP contribution < -0.4 is 5.32 Å². The van der Waals surface area contributed by atoms with Gasteiger partial charge in [0.1, 0.15) is 0 Å². The molecule has 1 N–H and O–H groups in total. The summed E-state index contributed by atoms with van der Waals surface area (Å²) in [6, 6.07) is 19.2. The van der Waals surface area contributed by atoms with Crippen LogP contribution in [0.5, 0.6) is 0 Å². The number of rotatable bonds is 2. The summed E-state index contributed by atoms with van der Waals surface area (Å²) in [5, 5.41) is 5.57. The van der Waals surface area contributed by atoms with Gasteiger partial charge in [0.2, 0.25) is 0 Å². The monoisotopic (exact) mass is 407 g/mol. The van der Waals surface area contributed by atoms with E-state index in [2.05, 4.69) is 27.9 Å². The highest BCUT2D eigenvalue weighted by Gasteiger charge is 2.11. The number of amides is 1. The Balaban J connectivity index is 1.90. The number of hydrogen-bond acceptors (Lipinski definition) is 1. The summed E-state index contributed by atoms with van der Waals surface area (Å²) in [6.45, 7) is 0. The number of halogens is 2. The van der Waals surface area contributed by atoms with Gasteiger partial charge in [0.15, 0.2) is 0 Å². The lowest BCUT2D eigenvalue weighted by Crippen LogP contribution is -2.12. The van der Waals surface area contributed by atoms with Crippen molar-refractivity contribution in [2.24, 2.45) is 0 Å². The van der Waals surface area contributed by atoms with Crippen LogP contribution in [0.1, 0.15) is 10.4 Å². The van der Waals surface area contributed by atoms with Crippen molar-refractivity contribution in [1.82, 2.24) is 0 Å². The third kappa shape index (κ3) is 3.19. The van der Waals surface area contributed by atoms with Crippen LogP contribution in [-0.4, -0.2) is 5.91 Å². The molecule has 104 valence electrons. The largest absolute Gasteiger partial charge is 0.322 e. The van der Waals surface area contributed by atoms with Gasteiger partial charge in [-0.05, 0) is 63.7 Å². The number of fused-ring (bicyclic) bond motifs is 1. The van der Waals surface area contributed by atoms with E-state index in [0.29, 0.717) is 10.6 Å². The van der Waals surface area contributed by atoms with Gasteiger partial charge in [-0.2, -0.15) is 0 Å². The van der Waals surface area contributed by atoms with Gasteiger partial charge in [0.05, 0.1) is 10.6 Å². The summed E-state index contributed by atoms with van der Waals surface area (Å²) in [5.74, 6) is -0.200. The summed E-state index contributed by atoms with van der Waals surface area (Å²) in [5.41, 5.74) is 1.24. The van der Waals surface area contributed by atoms with Crippen LogP contribution >= 0.6 is 34.2 Å². The second-order valence-corrected chi connectivity index (χ2v) is 6.29. The summed E-state index contributed by atoms with van der Waals surface area (Å²) in [6.07, 6.45) is 0. The van der Waals surface area contributed by atoms with Gasteiger partial charge in [0, 0.05) is 9.26 Å². The standard InChI is InChI=1S/C17H11ClINO/c18-16-8-6-13(19)10-15(16)17(21)20-14-7-5-11-3-1-2-4-12(11)9-14/h1-10H,(H,20,21). The number of benzene rings is 3. The maximum absolute atomic E-state index is 12.3. The average Bonchev–Trinajstić information content (AvgIpc) is 2.49. The molecule has 21 heavy (non-hydrogen) atoms. The van der Waals surface area contributed by atoms with Crippen LogP contribution in [0, 0.1) is 3.57 Å². The smallest absolute Gasteiger partial charge is 0.257 e. The first-order valence-corrected chi connectivity index (χ1v) is 7.84. The van der Waals surface area contributed by atoms with Gasteiger partial charge < -0.3 is 5.32 Å². The number of anilines is 1. The zero-order chi connectivity index (χ0) is 14.8. The van der Waals surface area contributed by atoms with Crippen molar-refractivity contribution in [1.29, 1.82) is 0 Å². The first-order chi connectivity index (χ1) is 10.1. The van der Waals surface area contributed by atoms with E-state index in [0.717, 1.165) is 20.0 Å². The van der Waals surface area contributed by atoms with Crippen LogP contribution in [-0.2, 0) is 0 Å². The Labute approximate surface area is 141 Å². The Morgan fingerprint density at radius 2 is 1.71 bits per heavy atom. The fraction of sp³-hybridized carbons (Fsp3) is 0. The Morgan fingerprint density at radius 1 is 0.952 bits per heavy atom. The molecular weight excluding hydrogens is 397 g/mol. The molecule has 0 saturated heterocycles. The van der Waals surface area contributed by atoms with Gasteiger partial charge in [-0.1, -0.05) is 41.9 Å². The third-order valence-electron chi connectivity index (χ3n) is 3.18. The predicted octanol–water partition coefficient (Wildman–Crippen LogP) is 5.35. The van der Waals surface area contributed by atoms with E-state index in [1.165, 1.54) is 0 Å². The lowest BCUT2D eigenvalue weighted by molar-refractivity contribution is 0.102. The second-order valence-electron chi connectivity index (χ2n) is 4.64. The normalized spacial score (nSPS) is 10.6. The Hall–Kier alpha value is -1.59. The lowest BCUT2D eigenvalue weighted by atomic mass is 10.1. The van der Waals surface area contributed by atoms with Crippen molar-refractivity contribution in [3.05, 3.63) is 74.8 Å². The Kier molecular flexibility index (Phi) is 4.12. The van der Waals surface area contributed by atoms with Crippen molar-refractivity contribution in [3.63, 3.8) is 0 Å². The fourth-order valence-electron chi connectivity index (χ4n) is 2.14. The number of hydrogen-bond donors (Lipinski definition) is 1. The molecule has 4 heteroatoms. The van der Waals surface area contributed by atoms with E-state index in [1.807, 2.05) is 48.5 Å². The van der Waals surface area contributed by atoms with E-state index in [9.17, 15) is 4.79 Å². The van der Waals surface area contributed by atoms with E-state index in [-0.39, 0.29) is 5.91 Å². The van der Waals surface area contributed by atoms with Crippen molar-refractivity contribution in [2.75, 3.05) is 5.32 Å². The summed E-state index contributed by atoms with van der Waals surface area (Å²) in [7, 11) is 0. The summed E-state index contributed by atoms with van der Waals surface area (Å²) in [4.78, 5) is 12.3. The molecule has 3 aromatic rings. The maximum atomic E-state index is 12.3. The molecule has 0 aliphatic heterocycles. The molecule has 0 unspecified atom stereocenters. The van der Waals surface area contributed by atoms with Crippen LogP contribution in [0.2, 0.25) is 5.02 Å². The lowest BCUT2D eigenvalue weighted by Gasteiger charge is -2.08. The van der Waals surface area contributed by atoms with Crippen LogP contribution in [0.15, 0.2) is 60.7 Å². The Bertz CT molecular complexity index is 832. The molecule has 0 aliphatic rings. The molecule has 2 nitrogen and oxygen atoms in total. The van der Waals surface area contributed by atoms with Gasteiger partial charge in [-0.25, -0.2) is 0 Å². The van der Waals surface area contributed by atoms with E-state index in [1.54, 1.807) is 12.1 Å². The first kappa shape index (κ1) is 14.4. The van der Waals surface area contributed by atoms with Crippen LogP contribution in [0.3, 0.4) is 0 Å². The molecule has 0 atom stereocenters. The van der Waals surface area contributed by atoms with Gasteiger partial charge in [-0.3, -0.25) is 4.79 Å². The van der Waals surface area contributed by atoms with Gasteiger partial charge >= 0.3 is 0 Å². The number of carbonyl (C=O) groups is 1. The number of carbonyl (C=O) groups excluding carboxylic acids is 1. The fourth-order valence-corrected chi connectivity index (χ4v) is 2.83. The molecule has 0 radical (unpaired) electrons. The first-order valence-electron chi connectivity index (χ1n) is 6.39. The molecule has 0 aromatic heterocycles. The highest BCUT2D eigenvalue weighted by Crippen LogP contribution is 2.22. The minimum absolute atomic E-state index is 0.200. The topological polar surface area (TPSA) is 29.1 Å². The average molecular weight is 408 g/mol. The van der Waals surface area contributed by atoms with Gasteiger partial charge in [-0.15, -0.1) is 0 Å². The molecule has 0 fully saturated rings. The molecule has 3 aromatic carbocycles. The molecular formula is C17H11ClINO. The Morgan fingerprint density at radius 3 is 2.52 bits per heavy atom. The molecule has 0 spiro atoms. The van der Waals surface area contributed by atoms with Crippen molar-refractivity contribution in [3.8, 4) is 0 Å². The summed E-state index contributed by atoms with van der Waals surface area (Å²) >= 11 is 8.25. The van der Waals surface area contributed by atoms with Crippen molar-refractivity contribution in [2.45, 2.75) is 0 Å². The number of nitrogens with one attached hydrogen (secondary N) is 1. The molecule has 0 aliphatic carbocycles. The molecule has 0 bridgehead atoms. The van der Waals surface area contributed by atoms with E-state index in [4.69, 9.17) is 11.6 Å². The molecule has 1 amide bonds. The molecule has 3 rings (SSSR count). The highest BCUT2D eigenvalue weighted by molar-refractivity contribution is 14.1. The maximum Gasteiger partial charge on any atom is 0.257 e. The van der Waals surface area contributed by atoms with E-state index >= 15 is 0 Å². The van der Waals surface area contributed by atoms with Gasteiger partial charge in [0.25, 0.3) is 5.91 Å². The zero-order valence-electron chi connectivity index (χ0n) is 10.9. The summed E-state index contributed by atoms with van der Waals surface area (Å²) < 4.78 is 0.973. The quantitative estimate of drug-likeness (QED) is 0.570.